The van der Waals surface area contributed by atoms with Crippen LogP contribution < -0.4 is 11.1 Å². The lowest BCUT2D eigenvalue weighted by molar-refractivity contribution is 0.105. The minimum Gasteiger partial charge on any atom is -0.389 e. The summed E-state index contributed by atoms with van der Waals surface area (Å²) in [6.45, 7) is 9.49. The van der Waals surface area contributed by atoms with E-state index in [1.807, 2.05) is 12.1 Å². The van der Waals surface area contributed by atoms with Gasteiger partial charge in [0, 0.05) is 17.3 Å². The predicted octanol–water partition coefficient (Wildman–Crippen LogP) is 4.34. The fourth-order valence-corrected chi connectivity index (χ4v) is 4.05. The molecule has 0 amide bonds. The van der Waals surface area contributed by atoms with Gasteiger partial charge in [-0.15, -0.1) is 0 Å². The standard InChI is InChI=1S/C17H26N2S/c1-16(2)9-14(10-17(3,4)11-16)19-13-7-5-12(6-8-13)15(18)20/h5-8,14,19H,9-11H2,1-4H3,(H2,18,20). The van der Waals surface area contributed by atoms with Crippen molar-refractivity contribution in [2.75, 3.05) is 5.32 Å². The molecule has 1 fully saturated rings. The van der Waals surface area contributed by atoms with Crippen molar-refractivity contribution >= 4 is 22.9 Å². The first-order valence-corrected chi connectivity index (χ1v) is 7.74. The number of nitrogens with one attached hydrogen (secondary N) is 1. The first-order chi connectivity index (χ1) is 9.17. The lowest BCUT2D eigenvalue weighted by Crippen LogP contribution is -2.40. The summed E-state index contributed by atoms with van der Waals surface area (Å²) in [5.41, 5.74) is 8.51. The van der Waals surface area contributed by atoms with E-state index < -0.39 is 0 Å². The minimum absolute atomic E-state index is 0.401. The van der Waals surface area contributed by atoms with E-state index in [0.717, 1.165) is 11.3 Å². The topological polar surface area (TPSA) is 38.0 Å². The van der Waals surface area contributed by atoms with Crippen LogP contribution in [0, 0.1) is 10.8 Å². The second-order valence-corrected chi connectivity index (χ2v) is 8.14. The van der Waals surface area contributed by atoms with Gasteiger partial charge in [0.15, 0.2) is 0 Å². The highest BCUT2D eigenvalue weighted by Gasteiger charge is 2.38. The third kappa shape index (κ3) is 3.95. The number of benzene rings is 1. The maximum Gasteiger partial charge on any atom is 0.103 e. The van der Waals surface area contributed by atoms with Crippen LogP contribution in [0.15, 0.2) is 24.3 Å². The zero-order valence-electron chi connectivity index (χ0n) is 13.0. The van der Waals surface area contributed by atoms with E-state index >= 15 is 0 Å². The van der Waals surface area contributed by atoms with Crippen molar-refractivity contribution in [2.24, 2.45) is 16.6 Å². The Hall–Kier alpha value is -1.09. The fourth-order valence-electron chi connectivity index (χ4n) is 3.91. The molecular formula is C17H26N2S. The molecule has 2 nitrogen and oxygen atoms in total. The van der Waals surface area contributed by atoms with Crippen LogP contribution in [0.1, 0.15) is 52.5 Å². The second kappa shape index (κ2) is 5.36. The van der Waals surface area contributed by atoms with Gasteiger partial charge in [-0.25, -0.2) is 0 Å². The van der Waals surface area contributed by atoms with Crippen LogP contribution in [0.25, 0.3) is 0 Å². The van der Waals surface area contributed by atoms with Crippen molar-refractivity contribution in [1.29, 1.82) is 0 Å². The van der Waals surface area contributed by atoms with Gasteiger partial charge in [-0.1, -0.05) is 39.9 Å². The SMILES string of the molecule is CC1(C)CC(Nc2ccc(C(N)=S)cc2)CC(C)(C)C1. The fraction of sp³-hybridized carbons (Fsp3) is 0.588. The predicted molar refractivity (Wildman–Crippen MR) is 91.2 cm³/mol. The summed E-state index contributed by atoms with van der Waals surface area (Å²) in [4.78, 5) is 0.455. The molecule has 0 spiro atoms. The summed E-state index contributed by atoms with van der Waals surface area (Å²) in [5, 5.41) is 3.67. The van der Waals surface area contributed by atoms with E-state index in [2.05, 4.69) is 45.1 Å². The van der Waals surface area contributed by atoms with Gasteiger partial charge in [0.25, 0.3) is 0 Å². The summed E-state index contributed by atoms with van der Waals surface area (Å²) < 4.78 is 0. The van der Waals surface area contributed by atoms with Crippen molar-refractivity contribution in [3.05, 3.63) is 29.8 Å². The van der Waals surface area contributed by atoms with E-state index in [1.54, 1.807) is 0 Å². The molecular weight excluding hydrogens is 264 g/mol. The number of anilines is 1. The molecule has 0 heterocycles. The van der Waals surface area contributed by atoms with E-state index in [9.17, 15) is 0 Å². The molecule has 110 valence electrons. The van der Waals surface area contributed by atoms with E-state index in [4.69, 9.17) is 18.0 Å². The van der Waals surface area contributed by atoms with Gasteiger partial charge < -0.3 is 11.1 Å². The maximum atomic E-state index is 5.63. The Bertz CT molecular complexity index is 472. The average Bonchev–Trinajstić information content (AvgIpc) is 2.25. The largest absolute Gasteiger partial charge is 0.389 e. The Labute approximate surface area is 128 Å². The molecule has 0 bridgehead atoms. The molecule has 20 heavy (non-hydrogen) atoms. The van der Waals surface area contributed by atoms with Crippen molar-refractivity contribution in [1.82, 2.24) is 0 Å². The molecule has 0 aromatic heterocycles. The molecule has 1 aliphatic carbocycles. The average molecular weight is 290 g/mol. The normalized spacial score (nSPS) is 21.4. The molecule has 3 heteroatoms. The number of rotatable bonds is 3. The summed E-state index contributed by atoms with van der Waals surface area (Å²) in [7, 11) is 0. The molecule has 0 radical (unpaired) electrons. The Balaban J connectivity index is 2.07. The lowest BCUT2D eigenvalue weighted by atomic mass is 9.63. The van der Waals surface area contributed by atoms with Gasteiger partial charge in [-0.05, 0) is 54.4 Å². The van der Waals surface area contributed by atoms with Gasteiger partial charge in [0.2, 0.25) is 0 Å². The van der Waals surface area contributed by atoms with Crippen molar-refractivity contribution < 1.29 is 0 Å². The Morgan fingerprint density at radius 1 is 1.10 bits per heavy atom. The van der Waals surface area contributed by atoms with Crippen LogP contribution in [0.3, 0.4) is 0 Å². The highest BCUT2D eigenvalue weighted by Crippen LogP contribution is 2.46. The molecule has 0 saturated heterocycles. The number of nitrogens with two attached hydrogens (primary N) is 1. The monoisotopic (exact) mass is 290 g/mol. The second-order valence-electron chi connectivity index (χ2n) is 7.70. The van der Waals surface area contributed by atoms with Gasteiger partial charge in [0.05, 0.1) is 0 Å². The first kappa shape index (κ1) is 15.3. The highest BCUT2D eigenvalue weighted by molar-refractivity contribution is 7.80. The van der Waals surface area contributed by atoms with Crippen LogP contribution in [0.4, 0.5) is 5.69 Å². The maximum absolute atomic E-state index is 5.63. The summed E-state index contributed by atoms with van der Waals surface area (Å²) >= 11 is 4.98. The third-order valence-corrected chi connectivity index (χ3v) is 4.33. The van der Waals surface area contributed by atoms with Gasteiger partial charge >= 0.3 is 0 Å². The summed E-state index contributed by atoms with van der Waals surface area (Å²) in [6.07, 6.45) is 3.72. The number of hydrogen-bond acceptors (Lipinski definition) is 2. The lowest BCUT2D eigenvalue weighted by Gasteiger charge is -2.45. The first-order valence-electron chi connectivity index (χ1n) is 7.33. The zero-order chi connectivity index (χ0) is 15.0. The van der Waals surface area contributed by atoms with Crippen LogP contribution in [0.2, 0.25) is 0 Å². The molecule has 2 rings (SSSR count). The molecule has 0 unspecified atom stereocenters. The van der Waals surface area contributed by atoms with Crippen LogP contribution in [0.5, 0.6) is 0 Å². The molecule has 0 atom stereocenters. The van der Waals surface area contributed by atoms with Crippen molar-refractivity contribution in [2.45, 2.75) is 53.0 Å². The van der Waals surface area contributed by atoms with Crippen LogP contribution in [-0.4, -0.2) is 11.0 Å². The smallest absolute Gasteiger partial charge is 0.103 e. The molecule has 0 aliphatic heterocycles. The van der Waals surface area contributed by atoms with Crippen LogP contribution in [-0.2, 0) is 0 Å². The van der Waals surface area contributed by atoms with Crippen LogP contribution >= 0.6 is 12.2 Å². The van der Waals surface area contributed by atoms with Gasteiger partial charge in [-0.3, -0.25) is 0 Å². The minimum atomic E-state index is 0.401. The number of hydrogen-bond donors (Lipinski definition) is 2. The Morgan fingerprint density at radius 2 is 1.60 bits per heavy atom. The number of thiocarbonyl (C=S) groups is 1. The highest BCUT2D eigenvalue weighted by atomic mass is 32.1. The van der Waals surface area contributed by atoms with E-state index in [-0.39, 0.29) is 0 Å². The molecule has 1 aliphatic rings. The van der Waals surface area contributed by atoms with Crippen molar-refractivity contribution in [3.63, 3.8) is 0 Å². The van der Waals surface area contributed by atoms with Crippen molar-refractivity contribution in [3.8, 4) is 0 Å². The molecule has 1 saturated carbocycles. The van der Waals surface area contributed by atoms with Gasteiger partial charge in [0.1, 0.15) is 4.99 Å². The molecule has 1 aromatic rings. The van der Waals surface area contributed by atoms with E-state index in [1.165, 1.54) is 19.3 Å². The Morgan fingerprint density at radius 3 is 2.05 bits per heavy atom. The quantitative estimate of drug-likeness (QED) is 0.813. The third-order valence-electron chi connectivity index (χ3n) is 4.10. The Kier molecular flexibility index (Phi) is 4.10. The summed E-state index contributed by atoms with van der Waals surface area (Å²) in [6, 6.07) is 8.66. The molecule has 1 aromatic carbocycles. The summed E-state index contributed by atoms with van der Waals surface area (Å²) in [5.74, 6) is 0. The van der Waals surface area contributed by atoms with Gasteiger partial charge in [-0.2, -0.15) is 0 Å². The van der Waals surface area contributed by atoms with E-state index in [0.29, 0.717) is 21.9 Å². The zero-order valence-corrected chi connectivity index (χ0v) is 13.8. The molecule has 3 N–H and O–H groups in total.